The molecule has 12 heteroatoms. The fourth-order valence-corrected chi connectivity index (χ4v) is 5.60. The van der Waals surface area contributed by atoms with Crippen LogP contribution in [0.3, 0.4) is 0 Å². The van der Waals surface area contributed by atoms with Gasteiger partial charge in [0.15, 0.2) is 11.5 Å². The van der Waals surface area contributed by atoms with E-state index in [4.69, 9.17) is 0 Å². The zero-order valence-electron chi connectivity index (χ0n) is 18.0. The largest absolute Gasteiger partial charge is 0.586 e. The summed E-state index contributed by atoms with van der Waals surface area (Å²) in [6.45, 7) is 2.29. The second-order valence-electron chi connectivity index (χ2n) is 8.41. The fourth-order valence-electron chi connectivity index (χ4n) is 4.21. The van der Waals surface area contributed by atoms with Crippen molar-refractivity contribution in [2.45, 2.75) is 6.29 Å². The van der Waals surface area contributed by atoms with E-state index in [0.29, 0.717) is 37.4 Å². The molecule has 3 aliphatic rings. The van der Waals surface area contributed by atoms with Crippen LogP contribution in [-0.4, -0.2) is 77.3 Å². The van der Waals surface area contributed by atoms with Crippen molar-refractivity contribution >= 4 is 33.0 Å². The van der Waals surface area contributed by atoms with Gasteiger partial charge in [0.25, 0.3) is 0 Å². The second kappa shape index (κ2) is 7.32. The van der Waals surface area contributed by atoms with Gasteiger partial charge in [-0.2, -0.15) is 0 Å². The summed E-state index contributed by atoms with van der Waals surface area (Å²) in [5.74, 6) is -0.0657. The highest BCUT2D eigenvalue weighted by Gasteiger charge is 2.43. The molecular weight excluding hydrogens is 468 g/mol. The predicted molar refractivity (Wildman–Crippen MR) is 120 cm³/mol. The number of benzene rings is 1. The molecule has 0 spiro atoms. The van der Waals surface area contributed by atoms with Crippen LogP contribution in [0, 0.1) is 0 Å². The van der Waals surface area contributed by atoms with E-state index in [1.54, 1.807) is 30.9 Å². The molecule has 5 heterocycles. The maximum absolute atomic E-state index is 13.4. The SMILES string of the molecule is CN1CCN(S(=O)(=O)[N+]2=CC(c3cnc4[nH]cc(-c5ccc6c(c5)OC(F)(F)O6)c4c3)=C2)CC1. The first kappa shape index (κ1) is 21.2. The minimum absolute atomic E-state index is 0.0247. The first-order valence-corrected chi connectivity index (χ1v) is 12.0. The van der Waals surface area contributed by atoms with E-state index >= 15 is 0 Å². The molecule has 0 radical (unpaired) electrons. The van der Waals surface area contributed by atoms with Crippen molar-refractivity contribution in [2.24, 2.45) is 0 Å². The van der Waals surface area contributed by atoms with Crippen molar-refractivity contribution in [3.05, 3.63) is 48.4 Å². The van der Waals surface area contributed by atoms with Crippen molar-refractivity contribution in [2.75, 3.05) is 33.2 Å². The Balaban J connectivity index is 1.27. The van der Waals surface area contributed by atoms with Crippen molar-refractivity contribution in [1.29, 1.82) is 0 Å². The Bertz CT molecular complexity index is 1490. The van der Waals surface area contributed by atoms with Crippen molar-refractivity contribution in [3.8, 4) is 22.6 Å². The average Bonchev–Trinajstić information content (AvgIpc) is 3.30. The van der Waals surface area contributed by atoms with E-state index in [2.05, 4.69) is 24.3 Å². The summed E-state index contributed by atoms with van der Waals surface area (Å²) >= 11 is 0. The van der Waals surface area contributed by atoms with Crippen LogP contribution < -0.4 is 9.47 Å². The fraction of sp³-hybridized carbons (Fsp3) is 0.273. The topological polar surface area (TPSA) is 90.8 Å². The summed E-state index contributed by atoms with van der Waals surface area (Å²) in [5, 5.41) is 0.762. The number of rotatable bonds is 4. The number of alkyl halides is 2. The zero-order valence-corrected chi connectivity index (χ0v) is 18.8. The number of fused-ring (bicyclic) bond motifs is 2. The number of ether oxygens (including phenoxy) is 2. The van der Waals surface area contributed by atoms with Crippen LogP contribution in [-0.2, 0) is 10.2 Å². The Hall–Kier alpha value is -3.35. The highest BCUT2D eigenvalue weighted by atomic mass is 32.2. The first-order chi connectivity index (χ1) is 16.2. The van der Waals surface area contributed by atoms with Gasteiger partial charge in [-0.3, -0.25) is 0 Å². The van der Waals surface area contributed by atoms with Gasteiger partial charge in [0.2, 0.25) is 12.4 Å². The molecule has 176 valence electrons. The van der Waals surface area contributed by atoms with Gasteiger partial charge in [-0.05, 0) is 30.8 Å². The van der Waals surface area contributed by atoms with Gasteiger partial charge in [-0.15, -0.1) is 21.5 Å². The highest BCUT2D eigenvalue weighted by molar-refractivity contribution is 7.83. The monoisotopic (exact) mass is 488 g/mol. The lowest BCUT2D eigenvalue weighted by molar-refractivity contribution is -0.290. The molecule has 0 unspecified atom stereocenters. The number of nitrogens with one attached hydrogen (secondary N) is 1. The molecule has 9 nitrogen and oxygen atoms in total. The summed E-state index contributed by atoms with van der Waals surface area (Å²) in [6.07, 6.45) is 2.86. The summed E-state index contributed by atoms with van der Waals surface area (Å²) in [7, 11) is -1.63. The number of likely N-dealkylation sites (N-methyl/N-ethyl adjacent to an activating group) is 1. The normalized spacial score (nSPS) is 20.2. The number of nitrogens with zero attached hydrogens (tertiary/aromatic N) is 4. The minimum atomic E-state index is -3.68. The van der Waals surface area contributed by atoms with Crippen LogP contribution in [0.2, 0.25) is 0 Å². The Morgan fingerprint density at radius 2 is 1.82 bits per heavy atom. The van der Waals surface area contributed by atoms with Crippen LogP contribution in [0.4, 0.5) is 8.78 Å². The molecule has 1 N–H and O–H groups in total. The molecule has 6 rings (SSSR count). The number of allylic oxidation sites excluding steroid dienone is 1. The van der Waals surface area contributed by atoms with E-state index in [0.717, 1.165) is 22.1 Å². The lowest BCUT2D eigenvalue weighted by atomic mass is 10.0. The standard InChI is InChI=1S/C22H20F2N5O4S/c1-27-4-6-28(7-5-27)34(30,31)29-12-16(13-29)15-8-17-18(11-26-21(17)25-10-15)14-2-3-19-20(9-14)33-22(23,24)32-19/h2-3,8-13H,4-7H2,1H3,(H,25,26)/q+1. The number of hydrogen-bond donors (Lipinski definition) is 1. The van der Waals surface area contributed by atoms with Gasteiger partial charge >= 0.3 is 16.5 Å². The summed E-state index contributed by atoms with van der Waals surface area (Å²) in [6, 6.07) is 6.48. The van der Waals surface area contributed by atoms with Crippen molar-refractivity contribution < 1.29 is 30.7 Å². The quantitative estimate of drug-likeness (QED) is 0.568. The average molecular weight is 488 g/mol. The number of pyridine rings is 1. The van der Waals surface area contributed by atoms with Gasteiger partial charge in [-0.25, -0.2) is 4.98 Å². The lowest BCUT2D eigenvalue weighted by Crippen LogP contribution is -2.50. The van der Waals surface area contributed by atoms with Gasteiger partial charge in [0.05, 0.1) is 0 Å². The molecular formula is C22H20F2N5O4S+. The highest BCUT2D eigenvalue weighted by Crippen LogP contribution is 2.43. The van der Waals surface area contributed by atoms with E-state index in [1.807, 2.05) is 13.1 Å². The molecule has 34 heavy (non-hydrogen) atoms. The van der Waals surface area contributed by atoms with E-state index in [1.165, 1.54) is 20.4 Å². The molecule has 3 aliphatic heterocycles. The summed E-state index contributed by atoms with van der Waals surface area (Å²) in [5.41, 5.74) is 3.47. The maximum atomic E-state index is 13.4. The van der Waals surface area contributed by atoms with Crippen LogP contribution >= 0.6 is 0 Å². The van der Waals surface area contributed by atoms with Gasteiger partial charge in [0, 0.05) is 55.1 Å². The molecule has 0 saturated carbocycles. The summed E-state index contributed by atoms with van der Waals surface area (Å²) in [4.78, 5) is 9.60. The van der Waals surface area contributed by atoms with Crippen molar-refractivity contribution in [3.63, 3.8) is 0 Å². The minimum Gasteiger partial charge on any atom is -0.395 e. The third-order valence-electron chi connectivity index (χ3n) is 6.16. The Labute approximate surface area is 193 Å². The summed E-state index contributed by atoms with van der Waals surface area (Å²) < 4.78 is 64.2. The third kappa shape index (κ3) is 3.45. The third-order valence-corrected chi connectivity index (χ3v) is 7.93. The van der Waals surface area contributed by atoms with E-state index in [-0.39, 0.29) is 11.5 Å². The molecule has 0 bridgehead atoms. The lowest BCUT2D eigenvalue weighted by Gasteiger charge is -2.29. The number of H-pyrrole nitrogens is 1. The van der Waals surface area contributed by atoms with Crippen LogP contribution in [0.5, 0.6) is 11.5 Å². The predicted octanol–water partition coefficient (Wildman–Crippen LogP) is 2.48. The van der Waals surface area contributed by atoms with Gasteiger partial charge in [0.1, 0.15) is 11.2 Å². The van der Waals surface area contributed by atoms with Gasteiger partial charge < -0.3 is 19.4 Å². The van der Waals surface area contributed by atoms with Crippen LogP contribution in [0.1, 0.15) is 5.56 Å². The number of hydrogen-bond acceptors (Lipinski definition) is 6. The number of piperazine rings is 1. The Kier molecular flexibility index (Phi) is 4.57. The molecule has 1 fully saturated rings. The van der Waals surface area contributed by atoms with E-state index in [9.17, 15) is 17.2 Å². The molecule has 0 atom stereocenters. The Morgan fingerprint density at radius 3 is 2.59 bits per heavy atom. The Morgan fingerprint density at radius 1 is 1.09 bits per heavy atom. The van der Waals surface area contributed by atoms with Crippen LogP contribution in [0.15, 0.2) is 42.9 Å². The number of aromatic amines is 1. The molecule has 0 aliphatic carbocycles. The smallest absolute Gasteiger partial charge is 0.395 e. The molecule has 2 aromatic heterocycles. The van der Waals surface area contributed by atoms with Gasteiger partial charge in [-0.1, -0.05) is 10.0 Å². The first-order valence-electron chi connectivity index (χ1n) is 10.6. The van der Waals surface area contributed by atoms with Crippen LogP contribution in [0.25, 0.3) is 27.7 Å². The zero-order chi connectivity index (χ0) is 23.7. The molecule has 1 saturated heterocycles. The number of halogens is 2. The molecule has 3 aromatic rings. The maximum Gasteiger partial charge on any atom is 0.586 e. The molecule has 1 aromatic carbocycles. The van der Waals surface area contributed by atoms with E-state index < -0.39 is 16.5 Å². The second-order valence-corrected chi connectivity index (χ2v) is 10.2. The number of aromatic nitrogens is 2. The van der Waals surface area contributed by atoms with Crippen molar-refractivity contribution in [1.82, 2.24) is 19.2 Å². The molecule has 0 amide bonds.